The van der Waals surface area contributed by atoms with Gasteiger partial charge in [0.2, 0.25) is 11.6 Å². The highest BCUT2D eigenvalue weighted by atomic mass is 16.6. The summed E-state index contributed by atoms with van der Waals surface area (Å²) in [5.41, 5.74) is 12.9. The lowest BCUT2D eigenvalue weighted by atomic mass is 10.1. The van der Waals surface area contributed by atoms with Gasteiger partial charge in [0.15, 0.2) is 5.69 Å². The molecule has 0 saturated heterocycles. The number of nitrogens with two attached hydrogens (primary N) is 1. The highest BCUT2D eigenvalue weighted by molar-refractivity contribution is 5.98. The minimum atomic E-state index is -0.602. The Morgan fingerprint density at radius 2 is 2.03 bits per heavy atom. The summed E-state index contributed by atoms with van der Waals surface area (Å²) in [5.74, 6) is 0.116. The number of amides is 1. The van der Waals surface area contributed by atoms with Crippen LogP contribution in [0.4, 0.5) is 5.82 Å². The van der Waals surface area contributed by atoms with E-state index < -0.39 is 5.91 Å². The van der Waals surface area contributed by atoms with Gasteiger partial charge in [-0.2, -0.15) is 4.68 Å². The average molecular weight is 448 g/mol. The molecule has 0 unspecified atom stereocenters. The second kappa shape index (κ2) is 9.09. The molecule has 0 spiro atoms. The number of phenols is 1. The van der Waals surface area contributed by atoms with E-state index in [9.17, 15) is 9.90 Å². The van der Waals surface area contributed by atoms with Gasteiger partial charge in [-0.15, -0.1) is 5.10 Å². The van der Waals surface area contributed by atoms with Crippen LogP contribution >= 0.6 is 0 Å². The smallest absolute Gasteiger partial charge is 0.292 e. The molecule has 0 bridgehead atoms. The van der Waals surface area contributed by atoms with Gasteiger partial charge in [-0.25, -0.2) is 4.63 Å². The molecule has 0 radical (unpaired) electrons. The highest BCUT2D eigenvalue weighted by Gasteiger charge is 2.25. The maximum absolute atomic E-state index is 13.0. The first-order chi connectivity index (χ1) is 16.0. The van der Waals surface area contributed by atoms with E-state index in [1.54, 1.807) is 36.4 Å². The molecule has 0 aliphatic rings. The van der Waals surface area contributed by atoms with Crippen LogP contribution < -0.4 is 21.3 Å². The van der Waals surface area contributed by atoms with Crippen LogP contribution in [0.1, 0.15) is 23.0 Å². The number of nitrogens with one attached hydrogen (secondary N) is 2. The van der Waals surface area contributed by atoms with Crippen molar-refractivity contribution in [2.45, 2.75) is 6.92 Å². The molecule has 2 aromatic carbocycles. The lowest BCUT2D eigenvalue weighted by Crippen LogP contribution is -2.36. The number of aromatic nitrogens is 5. The van der Waals surface area contributed by atoms with Crippen LogP contribution in [0.15, 0.2) is 59.7 Å². The van der Waals surface area contributed by atoms with Crippen LogP contribution in [0, 0.1) is 0 Å². The van der Waals surface area contributed by atoms with Crippen molar-refractivity contribution in [3.63, 3.8) is 0 Å². The number of anilines is 1. The summed E-state index contributed by atoms with van der Waals surface area (Å²) in [6.45, 7) is 6.19. The van der Waals surface area contributed by atoms with Gasteiger partial charge in [-0.05, 0) is 41.5 Å². The molecule has 12 nitrogen and oxygen atoms in total. The zero-order chi connectivity index (χ0) is 23.4. The molecular weight excluding hydrogens is 428 g/mol. The first-order valence-corrected chi connectivity index (χ1v) is 9.80. The van der Waals surface area contributed by atoms with Crippen LogP contribution in [0.25, 0.3) is 22.8 Å². The Labute approximate surface area is 187 Å². The van der Waals surface area contributed by atoms with Gasteiger partial charge in [0.1, 0.15) is 17.2 Å². The number of carbonyl (C=O) groups excluding carboxylic acids is 1. The summed E-state index contributed by atoms with van der Waals surface area (Å²) >= 11 is 0. The van der Waals surface area contributed by atoms with Crippen molar-refractivity contribution < 1.29 is 19.3 Å². The van der Waals surface area contributed by atoms with E-state index >= 15 is 0 Å². The van der Waals surface area contributed by atoms with Crippen LogP contribution in [0.3, 0.4) is 0 Å². The van der Waals surface area contributed by atoms with Crippen LogP contribution in [-0.2, 0) is 0 Å². The third-order valence-corrected chi connectivity index (χ3v) is 4.52. The van der Waals surface area contributed by atoms with Gasteiger partial charge in [-0.1, -0.05) is 36.1 Å². The summed E-state index contributed by atoms with van der Waals surface area (Å²) in [4.78, 5) is 13.0. The number of ether oxygens (including phenoxy) is 1. The van der Waals surface area contributed by atoms with E-state index in [4.69, 9.17) is 10.5 Å². The Hall–Kier alpha value is -4.87. The zero-order valence-corrected chi connectivity index (χ0v) is 17.5. The van der Waals surface area contributed by atoms with E-state index in [0.717, 1.165) is 0 Å². The summed E-state index contributed by atoms with van der Waals surface area (Å²) in [7, 11) is 0. The van der Waals surface area contributed by atoms with Gasteiger partial charge in [0, 0.05) is 11.1 Å². The van der Waals surface area contributed by atoms with Gasteiger partial charge >= 0.3 is 0 Å². The normalized spacial score (nSPS) is 10.6. The summed E-state index contributed by atoms with van der Waals surface area (Å²) in [6.07, 6.45) is 0. The molecule has 2 heterocycles. The number of hydrogen-bond donors (Lipinski definition) is 4. The molecule has 12 heteroatoms. The highest BCUT2D eigenvalue weighted by Crippen LogP contribution is 2.29. The molecule has 0 saturated carbocycles. The zero-order valence-electron chi connectivity index (χ0n) is 17.5. The van der Waals surface area contributed by atoms with Gasteiger partial charge in [-0.3, -0.25) is 15.6 Å². The fourth-order valence-electron chi connectivity index (χ4n) is 3.04. The molecule has 33 heavy (non-hydrogen) atoms. The van der Waals surface area contributed by atoms with Crippen molar-refractivity contribution >= 4 is 17.4 Å². The number of phenolic OH excluding ortho intramolecular Hbond substituents is 1. The third kappa shape index (κ3) is 4.44. The van der Waals surface area contributed by atoms with Crippen LogP contribution in [0.5, 0.6) is 11.5 Å². The van der Waals surface area contributed by atoms with Crippen LogP contribution in [0.2, 0.25) is 0 Å². The van der Waals surface area contributed by atoms with E-state index in [1.807, 2.05) is 6.92 Å². The first-order valence-electron chi connectivity index (χ1n) is 9.80. The SMILES string of the molecule is C=C(NNC(=O)c1nnn(-c2nonc2N)c1-c1cccc(OCC)c1)c1cccc(O)c1. The quantitative estimate of drug-likeness (QED) is 0.292. The lowest BCUT2D eigenvalue weighted by molar-refractivity contribution is 0.0938. The maximum Gasteiger partial charge on any atom is 0.292 e. The Balaban J connectivity index is 1.67. The molecule has 0 atom stereocenters. The molecule has 5 N–H and O–H groups in total. The van der Waals surface area contributed by atoms with Crippen molar-refractivity contribution in [1.82, 2.24) is 36.2 Å². The van der Waals surface area contributed by atoms with Crippen molar-refractivity contribution in [2.75, 3.05) is 12.3 Å². The van der Waals surface area contributed by atoms with Crippen LogP contribution in [-0.4, -0.2) is 42.9 Å². The number of carbonyl (C=O) groups is 1. The third-order valence-electron chi connectivity index (χ3n) is 4.52. The molecule has 0 aliphatic carbocycles. The van der Waals surface area contributed by atoms with Crippen molar-refractivity contribution in [2.24, 2.45) is 0 Å². The Bertz CT molecular complexity index is 1310. The minimum Gasteiger partial charge on any atom is -0.508 e. The molecule has 168 valence electrons. The van der Waals surface area contributed by atoms with E-state index in [0.29, 0.717) is 34.9 Å². The predicted molar refractivity (Wildman–Crippen MR) is 118 cm³/mol. The second-order valence-corrected chi connectivity index (χ2v) is 6.74. The first kappa shape index (κ1) is 21.4. The number of hydrazine groups is 1. The van der Waals surface area contributed by atoms with Gasteiger partial charge < -0.3 is 15.6 Å². The average Bonchev–Trinajstić information content (AvgIpc) is 3.43. The standard InChI is InChI=1S/C21H20N8O4/c1-3-32-16-9-5-7-14(11-16)18-17(24-28-29(18)20-19(22)26-33-27-20)21(31)25-23-12(2)13-6-4-8-15(30)10-13/h4-11,23,30H,2-3H2,1H3,(H2,22,26)(H,25,31). The molecule has 0 fully saturated rings. The molecular formula is C21H20N8O4. The largest absolute Gasteiger partial charge is 0.508 e. The molecule has 0 aliphatic heterocycles. The van der Waals surface area contributed by atoms with E-state index in [2.05, 4.69) is 42.7 Å². The van der Waals surface area contributed by atoms with E-state index in [-0.39, 0.29) is 23.1 Å². The molecule has 1 amide bonds. The Morgan fingerprint density at radius 1 is 1.21 bits per heavy atom. The molecule has 4 rings (SSSR count). The summed E-state index contributed by atoms with van der Waals surface area (Å²) in [5, 5.41) is 25.0. The topological polar surface area (TPSA) is 166 Å². The number of nitrogens with zero attached hydrogens (tertiary/aromatic N) is 5. The van der Waals surface area contributed by atoms with Gasteiger partial charge in [0.05, 0.1) is 12.3 Å². The number of aromatic hydroxyl groups is 1. The monoisotopic (exact) mass is 448 g/mol. The number of rotatable bonds is 8. The number of nitrogen functional groups attached to an aromatic ring is 1. The Morgan fingerprint density at radius 3 is 2.76 bits per heavy atom. The second-order valence-electron chi connectivity index (χ2n) is 6.74. The van der Waals surface area contributed by atoms with Crippen molar-refractivity contribution in [3.8, 4) is 28.6 Å². The predicted octanol–water partition coefficient (Wildman–Crippen LogP) is 1.91. The number of hydrogen-bond acceptors (Lipinski definition) is 10. The lowest BCUT2D eigenvalue weighted by Gasteiger charge is -2.12. The van der Waals surface area contributed by atoms with Gasteiger partial charge in [0.25, 0.3) is 5.91 Å². The summed E-state index contributed by atoms with van der Waals surface area (Å²) in [6, 6.07) is 13.5. The van der Waals surface area contributed by atoms with Crippen molar-refractivity contribution in [3.05, 3.63) is 66.4 Å². The Kier molecular flexibility index (Phi) is 5.89. The fourth-order valence-corrected chi connectivity index (χ4v) is 3.04. The molecule has 2 aromatic heterocycles. The van der Waals surface area contributed by atoms with E-state index in [1.165, 1.54) is 16.8 Å². The fraction of sp³-hybridized carbons (Fsp3) is 0.0952. The molecule has 4 aromatic rings. The number of benzene rings is 2. The maximum atomic E-state index is 13.0. The summed E-state index contributed by atoms with van der Waals surface area (Å²) < 4.78 is 11.5. The van der Waals surface area contributed by atoms with Crippen molar-refractivity contribution in [1.29, 1.82) is 0 Å². The minimum absolute atomic E-state index is 0.0236.